The molecule has 3 nitrogen and oxygen atoms in total. The first-order chi connectivity index (χ1) is 7.60. The van der Waals surface area contributed by atoms with Crippen LogP contribution in [-0.2, 0) is 0 Å². The van der Waals surface area contributed by atoms with E-state index in [4.69, 9.17) is 4.74 Å². The van der Waals surface area contributed by atoms with Gasteiger partial charge in [-0.3, -0.25) is 4.79 Å². The Morgan fingerprint density at radius 2 is 2.25 bits per heavy atom. The molecule has 0 aliphatic heterocycles. The van der Waals surface area contributed by atoms with Crippen LogP contribution in [0.2, 0.25) is 0 Å². The molecule has 1 unspecified atom stereocenters. The Bertz CT molecular complexity index is 368. The van der Waals surface area contributed by atoms with Crippen LogP contribution < -0.4 is 4.74 Å². The second kappa shape index (κ2) is 5.89. The van der Waals surface area contributed by atoms with E-state index in [0.29, 0.717) is 11.3 Å². The van der Waals surface area contributed by atoms with Crippen LogP contribution in [-0.4, -0.2) is 36.3 Å². The number of ether oxygens (including phenoxy) is 1. The monoisotopic (exact) mass is 285 g/mol. The molecule has 1 amide bonds. The molecule has 0 aliphatic carbocycles. The molecule has 0 fully saturated rings. The van der Waals surface area contributed by atoms with Gasteiger partial charge in [0.25, 0.3) is 5.91 Å². The predicted molar refractivity (Wildman–Crippen MR) is 68.3 cm³/mol. The smallest absolute Gasteiger partial charge is 0.253 e. The van der Waals surface area contributed by atoms with Gasteiger partial charge in [0.2, 0.25) is 0 Å². The third kappa shape index (κ3) is 2.98. The highest BCUT2D eigenvalue weighted by Crippen LogP contribution is 2.15. The summed E-state index contributed by atoms with van der Waals surface area (Å²) in [6.45, 7) is 1.99. The number of nitrogens with zero attached hydrogens (tertiary/aromatic N) is 1. The molecule has 0 N–H and O–H groups in total. The number of methoxy groups -OCH3 is 1. The van der Waals surface area contributed by atoms with E-state index in [1.807, 2.05) is 19.1 Å². The van der Waals surface area contributed by atoms with Crippen molar-refractivity contribution in [2.75, 3.05) is 19.5 Å². The molecule has 1 aromatic carbocycles. The van der Waals surface area contributed by atoms with Crippen molar-refractivity contribution in [3.8, 4) is 5.75 Å². The van der Waals surface area contributed by atoms with Crippen molar-refractivity contribution < 1.29 is 9.53 Å². The average Bonchev–Trinajstić information content (AvgIpc) is 2.36. The number of carbonyl (C=O) groups is 1. The van der Waals surface area contributed by atoms with Crippen LogP contribution in [0.25, 0.3) is 0 Å². The first kappa shape index (κ1) is 13.0. The number of hydrogen-bond acceptors (Lipinski definition) is 2. The summed E-state index contributed by atoms with van der Waals surface area (Å²) in [5, 5.41) is 0.763. The SMILES string of the molecule is COc1cccc(C(=O)N(C)C(C)CBr)c1. The number of amides is 1. The molecule has 16 heavy (non-hydrogen) atoms. The van der Waals surface area contributed by atoms with Crippen LogP contribution in [0.1, 0.15) is 17.3 Å². The summed E-state index contributed by atoms with van der Waals surface area (Å²) in [6, 6.07) is 7.35. The van der Waals surface area contributed by atoms with Crippen molar-refractivity contribution in [2.45, 2.75) is 13.0 Å². The molecule has 1 aromatic rings. The average molecular weight is 286 g/mol. The maximum absolute atomic E-state index is 12.1. The van der Waals surface area contributed by atoms with Crippen LogP contribution >= 0.6 is 15.9 Å². The molecule has 0 bridgehead atoms. The normalized spacial score (nSPS) is 12.0. The first-order valence-corrected chi connectivity index (χ1v) is 6.19. The molecular formula is C12H16BrNO2. The molecule has 0 spiro atoms. The van der Waals surface area contributed by atoms with E-state index in [1.165, 1.54) is 0 Å². The number of alkyl halides is 1. The van der Waals surface area contributed by atoms with Crippen LogP contribution in [0.3, 0.4) is 0 Å². The summed E-state index contributed by atoms with van der Waals surface area (Å²) in [5.41, 5.74) is 0.648. The minimum absolute atomic E-state index is 0.00542. The summed E-state index contributed by atoms with van der Waals surface area (Å²) in [5.74, 6) is 0.705. The second-order valence-electron chi connectivity index (χ2n) is 3.65. The van der Waals surface area contributed by atoms with E-state index in [-0.39, 0.29) is 11.9 Å². The summed E-state index contributed by atoms with van der Waals surface area (Å²) in [6.07, 6.45) is 0. The largest absolute Gasteiger partial charge is 0.497 e. The lowest BCUT2D eigenvalue weighted by Gasteiger charge is -2.23. The van der Waals surface area contributed by atoms with Gasteiger partial charge in [0.15, 0.2) is 0 Å². The fraction of sp³-hybridized carbons (Fsp3) is 0.417. The molecule has 88 valence electrons. The van der Waals surface area contributed by atoms with Gasteiger partial charge in [-0.05, 0) is 25.1 Å². The van der Waals surface area contributed by atoms with Gasteiger partial charge in [-0.2, -0.15) is 0 Å². The van der Waals surface area contributed by atoms with E-state index < -0.39 is 0 Å². The molecule has 0 saturated carbocycles. The quantitative estimate of drug-likeness (QED) is 0.796. The molecule has 0 saturated heterocycles. The van der Waals surface area contributed by atoms with Crippen molar-refractivity contribution >= 4 is 21.8 Å². The molecule has 1 atom stereocenters. The molecule has 4 heteroatoms. The first-order valence-electron chi connectivity index (χ1n) is 5.07. The Morgan fingerprint density at radius 3 is 2.81 bits per heavy atom. The van der Waals surface area contributed by atoms with Gasteiger partial charge in [0, 0.05) is 24.0 Å². The fourth-order valence-electron chi connectivity index (χ4n) is 1.26. The van der Waals surface area contributed by atoms with Gasteiger partial charge in [0.05, 0.1) is 7.11 Å². The van der Waals surface area contributed by atoms with Crippen molar-refractivity contribution in [3.63, 3.8) is 0 Å². The van der Waals surface area contributed by atoms with E-state index in [0.717, 1.165) is 5.33 Å². The summed E-state index contributed by atoms with van der Waals surface area (Å²) in [7, 11) is 3.39. The number of hydrogen-bond donors (Lipinski definition) is 0. The minimum atomic E-state index is 0.00542. The van der Waals surface area contributed by atoms with Gasteiger partial charge in [-0.1, -0.05) is 22.0 Å². The summed E-state index contributed by atoms with van der Waals surface area (Å²) in [4.78, 5) is 13.8. The Labute approximate surface area is 105 Å². The minimum Gasteiger partial charge on any atom is -0.497 e. The number of carbonyl (C=O) groups excluding carboxylic acids is 1. The number of halogens is 1. The van der Waals surface area contributed by atoms with Gasteiger partial charge < -0.3 is 9.64 Å². The van der Waals surface area contributed by atoms with Crippen molar-refractivity contribution in [2.24, 2.45) is 0 Å². The zero-order valence-electron chi connectivity index (χ0n) is 9.74. The fourth-order valence-corrected chi connectivity index (χ4v) is 1.70. The second-order valence-corrected chi connectivity index (χ2v) is 4.30. The molecule has 1 rings (SSSR count). The third-order valence-electron chi connectivity index (χ3n) is 2.52. The lowest BCUT2D eigenvalue weighted by Crippen LogP contribution is -2.36. The number of benzene rings is 1. The zero-order valence-corrected chi connectivity index (χ0v) is 11.3. The topological polar surface area (TPSA) is 29.5 Å². The Kier molecular flexibility index (Phi) is 4.80. The van der Waals surface area contributed by atoms with Crippen LogP contribution in [0.4, 0.5) is 0 Å². The van der Waals surface area contributed by atoms with Gasteiger partial charge in [-0.15, -0.1) is 0 Å². The van der Waals surface area contributed by atoms with Gasteiger partial charge >= 0.3 is 0 Å². The highest BCUT2D eigenvalue weighted by Gasteiger charge is 2.16. The maximum Gasteiger partial charge on any atom is 0.253 e. The lowest BCUT2D eigenvalue weighted by molar-refractivity contribution is 0.0758. The van der Waals surface area contributed by atoms with Crippen LogP contribution in [0, 0.1) is 0 Å². The van der Waals surface area contributed by atoms with Crippen molar-refractivity contribution in [1.29, 1.82) is 0 Å². The highest BCUT2D eigenvalue weighted by molar-refractivity contribution is 9.09. The Morgan fingerprint density at radius 1 is 1.56 bits per heavy atom. The summed E-state index contributed by atoms with van der Waals surface area (Å²) < 4.78 is 5.09. The van der Waals surface area contributed by atoms with Gasteiger partial charge in [-0.25, -0.2) is 0 Å². The molecule has 0 aromatic heterocycles. The third-order valence-corrected chi connectivity index (χ3v) is 3.46. The van der Waals surface area contributed by atoms with Gasteiger partial charge in [0.1, 0.15) is 5.75 Å². The lowest BCUT2D eigenvalue weighted by atomic mass is 10.1. The van der Waals surface area contributed by atoms with E-state index in [1.54, 1.807) is 31.2 Å². The highest BCUT2D eigenvalue weighted by atomic mass is 79.9. The Balaban J connectivity index is 2.87. The maximum atomic E-state index is 12.1. The molecule has 0 heterocycles. The standard InChI is InChI=1S/C12H16BrNO2/c1-9(8-13)14(2)12(15)10-5-4-6-11(7-10)16-3/h4-7,9H,8H2,1-3H3. The molecule has 0 radical (unpaired) electrons. The van der Waals surface area contributed by atoms with E-state index in [9.17, 15) is 4.79 Å². The van der Waals surface area contributed by atoms with Crippen molar-refractivity contribution in [1.82, 2.24) is 4.90 Å². The Hall–Kier alpha value is -1.03. The van der Waals surface area contributed by atoms with Crippen molar-refractivity contribution in [3.05, 3.63) is 29.8 Å². The molecule has 0 aliphatic rings. The predicted octanol–water partition coefficient (Wildman–Crippen LogP) is 2.55. The van der Waals surface area contributed by atoms with E-state index in [2.05, 4.69) is 15.9 Å². The molecular weight excluding hydrogens is 270 g/mol. The van der Waals surface area contributed by atoms with Crippen LogP contribution in [0.5, 0.6) is 5.75 Å². The zero-order chi connectivity index (χ0) is 12.1. The summed E-state index contributed by atoms with van der Waals surface area (Å²) >= 11 is 3.37. The van der Waals surface area contributed by atoms with E-state index >= 15 is 0 Å². The van der Waals surface area contributed by atoms with Crippen LogP contribution in [0.15, 0.2) is 24.3 Å². The number of rotatable bonds is 4.